The number of hydrogen-bond donors (Lipinski definition) is 1. The average Bonchev–Trinajstić information content (AvgIpc) is 2.99. The molecule has 2 amide bonds. The molecule has 0 unspecified atom stereocenters. The molecule has 27 heavy (non-hydrogen) atoms. The Kier molecular flexibility index (Phi) is 5.42. The minimum atomic E-state index is -0.185. The van der Waals surface area contributed by atoms with Gasteiger partial charge in [0, 0.05) is 18.9 Å². The number of carbonyl (C=O) groups is 1. The summed E-state index contributed by atoms with van der Waals surface area (Å²) in [6.07, 6.45) is 7.70. The molecule has 1 aromatic carbocycles. The van der Waals surface area contributed by atoms with Gasteiger partial charge in [0.05, 0.1) is 12.6 Å². The summed E-state index contributed by atoms with van der Waals surface area (Å²) < 4.78 is 11.7. The quantitative estimate of drug-likeness (QED) is 0.901. The molecule has 0 aliphatic carbocycles. The minimum Gasteiger partial charge on any atom is -0.486 e. The van der Waals surface area contributed by atoms with Crippen molar-refractivity contribution in [1.29, 1.82) is 0 Å². The molecule has 2 aromatic rings. The molecule has 0 saturated carbocycles. The second-order valence-electron chi connectivity index (χ2n) is 7.02. The van der Waals surface area contributed by atoms with Gasteiger partial charge in [0.25, 0.3) is 0 Å². The topological polar surface area (TPSA) is 63.7 Å². The zero-order chi connectivity index (χ0) is 18.5. The van der Waals surface area contributed by atoms with Gasteiger partial charge in [-0.05, 0) is 42.7 Å². The summed E-state index contributed by atoms with van der Waals surface area (Å²) in [6.45, 7) is 1.63. The Hall–Kier alpha value is -2.76. The molecule has 0 radical (unpaired) electrons. The lowest BCUT2D eigenvalue weighted by atomic mass is 10.0. The summed E-state index contributed by atoms with van der Waals surface area (Å²) in [7, 11) is 0. The van der Waals surface area contributed by atoms with E-state index in [9.17, 15) is 4.79 Å². The first-order chi connectivity index (χ1) is 13.3. The highest BCUT2D eigenvalue weighted by Crippen LogP contribution is 2.31. The van der Waals surface area contributed by atoms with Crippen LogP contribution in [0.15, 0.2) is 48.8 Å². The summed E-state index contributed by atoms with van der Waals surface area (Å²) in [5, 5.41) is 3.05. The van der Waals surface area contributed by atoms with Gasteiger partial charge >= 0.3 is 6.03 Å². The zero-order valence-electron chi connectivity index (χ0n) is 15.3. The fourth-order valence-corrected chi connectivity index (χ4v) is 3.75. The van der Waals surface area contributed by atoms with Gasteiger partial charge in [-0.15, -0.1) is 0 Å². The van der Waals surface area contributed by atoms with Crippen molar-refractivity contribution in [2.45, 2.75) is 37.8 Å². The molecule has 2 atom stereocenters. The van der Waals surface area contributed by atoms with Crippen LogP contribution in [0.5, 0.6) is 11.5 Å². The number of benzene rings is 1. The third-order valence-corrected chi connectivity index (χ3v) is 5.15. The molecule has 3 heterocycles. The number of carbonyl (C=O) groups excluding carboxylic acids is 1. The lowest BCUT2D eigenvalue weighted by molar-refractivity contribution is 0.0891. The number of nitrogens with zero attached hydrogens (tertiary/aromatic N) is 2. The van der Waals surface area contributed by atoms with Crippen LogP contribution in [0, 0.1) is 0 Å². The van der Waals surface area contributed by atoms with Crippen LogP contribution in [0.2, 0.25) is 0 Å². The number of hydrogen-bond acceptors (Lipinski definition) is 4. The van der Waals surface area contributed by atoms with Gasteiger partial charge < -0.3 is 19.7 Å². The van der Waals surface area contributed by atoms with E-state index < -0.39 is 0 Å². The number of rotatable bonds is 3. The van der Waals surface area contributed by atoms with E-state index >= 15 is 0 Å². The van der Waals surface area contributed by atoms with E-state index in [1.807, 2.05) is 41.3 Å². The lowest BCUT2D eigenvalue weighted by Crippen LogP contribution is -2.47. The van der Waals surface area contributed by atoms with E-state index in [0.29, 0.717) is 13.2 Å². The van der Waals surface area contributed by atoms with Crippen LogP contribution >= 0.6 is 0 Å². The summed E-state index contributed by atoms with van der Waals surface area (Å²) in [4.78, 5) is 19.0. The number of pyridine rings is 1. The highest BCUT2D eigenvalue weighted by molar-refractivity contribution is 5.74. The Balaban J connectivity index is 1.39. The van der Waals surface area contributed by atoms with Crippen molar-refractivity contribution in [2.24, 2.45) is 0 Å². The van der Waals surface area contributed by atoms with Crippen molar-refractivity contribution in [3.8, 4) is 11.5 Å². The smallest absolute Gasteiger partial charge is 0.318 e. The molecule has 4 rings (SSSR count). The van der Waals surface area contributed by atoms with Crippen molar-refractivity contribution in [2.75, 3.05) is 19.7 Å². The van der Waals surface area contributed by atoms with Gasteiger partial charge in [0.1, 0.15) is 6.61 Å². The first kappa shape index (κ1) is 17.6. The molecule has 6 nitrogen and oxygen atoms in total. The van der Waals surface area contributed by atoms with E-state index in [4.69, 9.17) is 9.47 Å². The predicted octanol–water partition coefficient (Wildman–Crippen LogP) is 3.55. The number of amides is 2. The van der Waals surface area contributed by atoms with Crippen molar-refractivity contribution in [3.05, 3.63) is 54.4 Å². The van der Waals surface area contributed by atoms with Crippen LogP contribution in [0.25, 0.3) is 0 Å². The first-order valence-corrected chi connectivity index (χ1v) is 9.64. The van der Waals surface area contributed by atoms with E-state index in [2.05, 4.69) is 10.3 Å². The summed E-state index contributed by atoms with van der Waals surface area (Å²) in [5.41, 5.74) is 1.15. The molecule has 1 aromatic heterocycles. The number of urea groups is 1. The van der Waals surface area contributed by atoms with Gasteiger partial charge in [-0.25, -0.2) is 4.79 Å². The number of para-hydroxylation sites is 2. The number of fused-ring (bicyclic) bond motifs is 1. The second-order valence-corrected chi connectivity index (χ2v) is 7.02. The van der Waals surface area contributed by atoms with Crippen LogP contribution in [-0.4, -0.2) is 41.7 Å². The van der Waals surface area contributed by atoms with Gasteiger partial charge in [-0.2, -0.15) is 0 Å². The maximum absolute atomic E-state index is 12.9. The summed E-state index contributed by atoms with van der Waals surface area (Å²) >= 11 is 0. The van der Waals surface area contributed by atoms with E-state index in [0.717, 1.165) is 49.3 Å². The van der Waals surface area contributed by atoms with E-state index in [1.165, 1.54) is 0 Å². The SMILES string of the molecule is O=C(NC[C@@H]1COc2ccccc2O1)N1CCCCC[C@H]1c1ccncc1. The largest absolute Gasteiger partial charge is 0.486 e. The Morgan fingerprint density at radius 3 is 2.78 bits per heavy atom. The molecule has 6 heteroatoms. The van der Waals surface area contributed by atoms with E-state index in [1.54, 1.807) is 12.4 Å². The number of nitrogens with one attached hydrogen (secondary N) is 1. The van der Waals surface area contributed by atoms with Crippen LogP contribution < -0.4 is 14.8 Å². The van der Waals surface area contributed by atoms with Gasteiger partial charge in [0.2, 0.25) is 0 Å². The third kappa shape index (κ3) is 4.15. The summed E-state index contributed by atoms with van der Waals surface area (Å²) in [5.74, 6) is 1.48. The van der Waals surface area contributed by atoms with Crippen LogP contribution in [0.1, 0.15) is 37.3 Å². The van der Waals surface area contributed by atoms with Crippen molar-refractivity contribution in [3.63, 3.8) is 0 Å². The van der Waals surface area contributed by atoms with Crippen molar-refractivity contribution in [1.82, 2.24) is 15.2 Å². The molecule has 0 spiro atoms. The fraction of sp³-hybridized carbons (Fsp3) is 0.429. The van der Waals surface area contributed by atoms with Crippen molar-refractivity contribution >= 4 is 6.03 Å². The Morgan fingerprint density at radius 2 is 1.93 bits per heavy atom. The normalized spacial score (nSPS) is 22.0. The molecule has 1 saturated heterocycles. The highest BCUT2D eigenvalue weighted by atomic mass is 16.6. The average molecular weight is 367 g/mol. The Bertz CT molecular complexity index is 768. The fourth-order valence-electron chi connectivity index (χ4n) is 3.75. The molecule has 1 fully saturated rings. The standard InChI is InChI=1S/C21H25N3O3/c25-21(23-14-17-15-26-19-7-3-4-8-20(19)27-17)24-13-5-1-2-6-18(24)16-9-11-22-12-10-16/h3-4,7-12,17-18H,1-2,5-6,13-15H2,(H,23,25)/t17-,18+/m1/s1. The molecular formula is C21H25N3O3. The Labute approximate surface area is 159 Å². The number of aromatic nitrogens is 1. The molecule has 2 aliphatic heterocycles. The van der Waals surface area contributed by atoms with Crippen molar-refractivity contribution < 1.29 is 14.3 Å². The van der Waals surface area contributed by atoms with Crippen LogP contribution in [-0.2, 0) is 0 Å². The minimum absolute atomic E-state index is 0.0406. The monoisotopic (exact) mass is 367 g/mol. The molecule has 142 valence electrons. The van der Waals surface area contributed by atoms with Crippen LogP contribution in [0.3, 0.4) is 0 Å². The highest BCUT2D eigenvalue weighted by Gasteiger charge is 2.28. The Morgan fingerprint density at radius 1 is 1.11 bits per heavy atom. The van der Waals surface area contributed by atoms with Gasteiger partial charge in [0.15, 0.2) is 17.6 Å². The van der Waals surface area contributed by atoms with Crippen LogP contribution in [0.4, 0.5) is 4.79 Å². The van der Waals surface area contributed by atoms with Gasteiger partial charge in [-0.1, -0.05) is 25.0 Å². The predicted molar refractivity (Wildman–Crippen MR) is 102 cm³/mol. The maximum atomic E-state index is 12.9. The molecule has 0 bridgehead atoms. The lowest BCUT2D eigenvalue weighted by Gasteiger charge is -2.32. The number of ether oxygens (including phenoxy) is 2. The molecular weight excluding hydrogens is 342 g/mol. The van der Waals surface area contributed by atoms with E-state index in [-0.39, 0.29) is 18.2 Å². The van der Waals surface area contributed by atoms with Gasteiger partial charge in [-0.3, -0.25) is 4.98 Å². The molecule has 1 N–H and O–H groups in total. The third-order valence-electron chi connectivity index (χ3n) is 5.15. The number of likely N-dealkylation sites (tertiary alicyclic amines) is 1. The summed E-state index contributed by atoms with van der Waals surface area (Å²) in [6, 6.07) is 11.7. The molecule has 2 aliphatic rings. The second kappa shape index (κ2) is 8.29. The zero-order valence-corrected chi connectivity index (χ0v) is 15.3. The first-order valence-electron chi connectivity index (χ1n) is 9.64. The maximum Gasteiger partial charge on any atom is 0.318 e.